The van der Waals surface area contributed by atoms with Crippen LogP contribution in [0, 0.1) is 29.4 Å². The van der Waals surface area contributed by atoms with Gasteiger partial charge in [0.05, 0.1) is 0 Å². The Labute approximate surface area is 180 Å². The second kappa shape index (κ2) is 10.1. The monoisotopic (exact) mass is 449 g/mol. The van der Waals surface area contributed by atoms with E-state index >= 15 is 0 Å². The van der Waals surface area contributed by atoms with Crippen molar-refractivity contribution in [3.05, 3.63) is 58.9 Å². The van der Waals surface area contributed by atoms with E-state index in [9.17, 15) is 22.4 Å². The molecule has 1 heterocycles. The largest absolute Gasteiger partial charge is 0.450 e. The zero-order valence-corrected chi connectivity index (χ0v) is 16.6. The van der Waals surface area contributed by atoms with Crippen molar-refractivity contribution in [1.29, 1.82) is 0 Å². The molecular weight excluding hydrogens is 430 g/mol. The first-order chi connectivity index (χ1) is 15.3. The molecule has 0 spiro atoms. The molecule has 1 aliphatic rings. The van der Waals surface area contributed by atoms with Gasteiger partial charge in [-0.1, -0.05) is 11.8 Å². The molecule has 1 fully saturated rings. The molecule has 1 aromatic carbocycles. The third-order valence-corrected chi connectivity index (χ3v) is 4.36. The number of nitrogens with two attached hydrogens (primary N) is 2. The molecule has 1 atom stereocenters. The molecule has 1 aliphatic carbocycles. The first kappa shape index (κ1) is 23.0. The maximum absolute atomic E-state index is 14.2. The number of halogens is 4. The van der Waals surface area contributed by atoms with E-state index in [-0.39, 0.29) is 11.4 Å². The number of carbonyl (C=O) groups excluding carboxylic acids is 1. The Morgan fingerprint density at radius 1 is 1.31 bits per heavy atom. The van der Waals surface area contributed by atoms with Crippen molar-refractivity contribution in [3.8, 4) is 11.8 Å². The molecule has 3 rings (SSSR count). The van der Waals surface area contributed by atoms with Crippen molar-refractivity contribution in [3.63, 3.8) is 0 Å². The lowest BCUT2D eigenvalue weighted by Crippen LogP contribution is -2.23. The van der Waals surface area contributed by atoms with Gasteiger partial charge in [0.1, 0.15) is 18.5 Å². The standard InChI is InChI=1S/C21H19F4N5O2/c22-15-8-13(7-14(17(15)23)18(19(24)25)30-21(27)32-10-26)29-20(31)16-6-5-12(9-28-16)4-3-11-1-2-11/h5-9,11,18-19H,1-2,10,26H2,(H2,27,30)(H,29,31). The summed E-state index contributed by atoms with van der Waals surface area (Å²) in [6.07, 6.45) is 0.298. The van der Waals surface area contributed by atoms with Crippen LogP contribution in [0.15, 0.2) is 35.5 Å². The van der Waals surface area contributed by atoms with Gasteiger partial charge < -0.3 is 15.8 Å². The number of aliphatic imine (C=N–C) groups is 1. The summed E-state index contributed by atoms with van der Waals surface area (Å²) in [5, 5.41) is 2.30. The molecule has 0 bridgehead atoms. The fraction of sp³-hybridized carbons (Fsp3) is 0.286. The fourth-order valence-corrected chi connectivity index (χ4v) is 2.63. The Morgan fingerprint density at radius 3 is 2.66 bits per heavy atom. The van der Waals surface area contributed by atoms with Gasteiger partial charge in [-0.3, -0.25) is 10.5 Å². The van der Waals surface area contributed by atoms with Crippen LogP contribution in [0.25, 0.3) is 0 Å². The number of benzene rings is 1. The van der Waals surface area contributed by atoms with Gasteiger partial charge >= 0.3 is 0 Å². The second-order valence-electron chi connectivity index (χ2n) is 6.85. The van der Waals surface area contributed by atoms with Crippen molar-refractivity contribution in [1.82, 2.24) is 4.98 Å². The van der Waals surface area contributed by atoms with E-state index in [0.717, 1.165) is 18.9 Å². The fourth-order valence-electron chi connectivity index (χ4n) is 2.63. The summed E-state index contributed by atoms with van der Waals surface area (Å²) >= 11 is 0. The van der Waals surface area contributed by atoms with Crippen molar-refractivity contribution in [2.24, 2.45) is 22.4 Å². The molecule has 0 radical (unpaired) electrons. The lowest BCUT2D eigenvalue weighted by Gasteiger charge is -2.16. The number of amidine groups is 1. The molecule has 5 N–H and O–H groups in total. The van der Waals surface area contributed by atoms with Gasteiger partial charge in [0.15, 0.2) is 11.6 Å². The molecule has 7 nitrogen and oxygen atoms in total. The molecule has 2 aromatic rings. The minimum Gasteiger partial charge on any atom is -0.450 e. The number of rotatable bonds is 6. The van der Waals surface area contributed by atoms with Crippen LogP contribution in [-0.2, 0) is 4.74 Å². The third kappa shape index (κ3) is 5.95. The molecule has 1 saturated carbocycles. The van der Waals surface area contributed by atoms with Crippen LogP contribution in [0.4, 0.5) is 23.2 Å². The highest BCUT2D eigenvalue weighted by molar-refractivity contribution is 6.02. The predicted octanol–water partition coefficient (Wildman–Crippen LogP) is 2.93. The van der Waals surface area contributed by atoms with Crippen LogP contribution >= 0.6 is 0 Å². The lowest BCUT2D eigenvalue weighted by molar-refractivity contribution is 0.102. The molecule has 11 heteroatoms. The molecule has 0 saturated heterocycles. The summed E-state index contributed by atoms with van der Waals surface area (Å²) in [7, 11) is 0. The SMILES string of the molecule is NCOC(N)=NC(c1cc(NC(=O)c2ccc(C#CC3CC3)cn2)cc(F)c1F)C(F)F. The van der Waals surface area contributed by atoms with E-state index in [4.69, 9.17) is 11.5 Å². The maximum Gasteiger partial charge on any atom is 0.284 e. The second-order valence-corrected chi connectivity index (χ2v) is 6.85. The number of hydrogen-bond acceptors (Lipinski definition) is 5. The van der Waals surface area contributed by atoms with Crippen LogP contribution in [0.1, 0.15) is 40.5 Å². The summed E-state index contributed by atoms with van der Waals surface area (Å²) in [5.74, 6) is 2.62. The summed E-state index contributed by atoms with van der Waals surface area (Å²) in [5.41, 5.74) is 9.89. The topological polar surface area (TPSA) is 116 Å². The van der Waals surface area contributed by atoms with Crippen LogP contribution in [-0.4, -0.2) is 30.1 Å². The van der Waals surface area contributed by atoms with E-state index in [1.54, 1.807) is 6.07 Å². The van der Waals surface area contributed by atoms with Gasteiger partial charge in [-0.05, 0) is 31.0 Å². The lowest BCUT2D eigenvalue weighted by atomic mass is 10.1. The van der Waals surface area contributed by atoms with Crippen molar-refractivity contribution < 1.29 is 27.1 Å². The van der Waals surface area contributed by atoms with E-state index < -0.39 is 48.3 Å². The van der Waals surface area contributed by atoms with Crippen molar-refractivity contribution in [2.75, 3.05) is 12.0 Å². The summed E-state index contributed by atoms with van der Waals surface area (Å²) in [6, 6.07) is 1.58. The minimum atomic E-state index is -3.25. The Bertz CT molecular complexity index is 1080. The van der Waals surface area contributed by atoms with Crippen molar-refractivity contribution in [2.45, 2.75) is 25.3 Å². The Balaban J connectivity index is 1.82. The number of carbonyl (C=O) groups is 1. The third-order valence-electron chi connectivity index (χ3n) is 4.36. The van der Waals surface area contributed by atoms with Crippen molar-refractivity contribution >= 4 is 17.6 Å². The molecule has 1 unspecified atom stereocenters. The number of alkyl halides is 2. The Morgan fingerprint density at radius 2 is 2.06 bits per heavy atom. The summed E-state index contributed by atoms with van der Waals surface area (Å²) in [6.45, 7) is -0.448. The Kier molecular flexibility index (Phi) is 7.27. The van der Waals surface area contributed by atoms with Gasteiger partial charge in [-0.2, -0.15) is 0 Å². The summed E-state index contributed by atoms with van der Waals surface area (Å²) < 4.78 is 59.8. The number of nitrogens with one attached hydrogen (secondary N) is 1. The van der Waals surface area contributed by atoms with E-state index in [2.05, 4.69) is 31.9 Å². The van der Waals surface area contributed by atoms with Gasteiger partial charge in [0.25, 0.3) is 18.4 Å². The molecule has 1 amide bonds. The van der Waals surface area contributed by atoms with Gasteiger partial charge in [0, 0.05) is 35.0 Å². The zero-order valence-electron chi connectivity index (χ0n) is 16.6. The molecule has 0 aliphatic heterocycles. The molecule has 32 heavy (non-hydrogen) atoms. The number of ether oxygens (including phenoxy) is 1. The first-order valence-corrected chi connectivity index (χ1v) is 9.50. The number of pyridine rings is 1. The first-order valence-electron chi connectivity index (χ1n) is 9.50. The van der Waals surface area contributed by atoms with E-state index in [1.165, 1.54) is 12.3 Å². The van der Waals surface area contributed by atoms with E-state index in [0.29, 0.717) is 17.5 Å². The normalized spacial score (nSPS) is 14.5. The van der Waals surface area contributed by atoms with Gasteiger partial charge in [-0.25, -0.2) is 27.5 Å². The molecule has 1 aromatic heterocycles. The molecular formula is C21H19F4N5O2. The van der Waals surface area contributed by atoms with Crippen LogP contribution in [0.5, 0.6) is 0 Å². The average molecular weight is 449 g/mol. The van der Waals surface area contributed by atoms with E-state index in [1.807, 2.05) is 0 Å². The zero-order chi connectivity index (χ0) is 23.3. The molecule has 168 valence electrons. The number of anilines is 1. The van der Waals surface area contributed by atoms with Crippen LogP contribution in [0.3, 0.4) is 0 Å². The average Bonchev–Trinajstić information content (AvgIpc) is 3.58. The number of amides is 1. The predicted molar refractivity (Wildman–Crippen MR) is 109 cm³/mol. The van der Waals surface area contributed by atoms with Gasteiger partial charge in [0.2, 0.25) is 0 Å². The minimum absolute atomic E-state index is 0.0303. The number of aromatic nitrogens is 1. The highest BCUT2D eigenvalue weighted by Gasteiger charge is 2.28. The highest BCUT2D eigenvalue weighted by atomic mass is 19.3. The number of nitrogens with zero attached hydrogens (tertiary/aromatic N) is 2. The summed E-state index contributed by atoms with van der Waals surface area (Å²) in [4.78, 5) is 19.8. The van der Waals surface area contributed by atoms with Crippen LogP contribution in [0.2, 0.25) is 0 Å². The van der Waals surface area contributed by atoms with Crippen LogP contribution < -0.4 is 16.8 Å². The maximum atomic E-state index is 14.2. The smallest absolute Gasteiger partial charge is 0.284 e. The van der Waals surface area contributed by atoms with Gasteiger partial charge in [-0.15, -0.1) is 0 Å². The quantitative estimate of drug-likeness (QED) is 0.206. The number of hydrogen-bond donors (Lipinski definition) is 3. The highest BCUT2D eigenvalue weighted by Crippen LogP contribution is 2.31. The Hall–Kier alpha value is -3.65.